The van der Waals surface area contributed by atoms with Gasteiger partial charge in [0, 0.05) is 26.7 Å². The van der Waals surface area contributed by atoms with Crippen molar-refractivity contribution in [1.82, 2.24) is 10.2 Å². The minimum atomic E-state index is -1.11. The summed E-state index contributed by atoms with van der Waals surface area (Å²) in [7, 11) is 3.22. The van der Waals surface area contributed by atoms with E-state index in [1.165, 1.54) is 0 Å². The van der Waals surface area contributed by atoms with E-state index < -0.39 is 29.9 Å². The molecule has 40 heavy (non-hydrogen) atoms. The Balaban J connectivity index is 2.22. The molecule has 2 N–H and O–H groups in total. The van der Waals surface area contributed by atoms with E-state index in [-0.39, 0.29) is 42.9 Å². The van der Waals surface area contributed by atoms with Crippen LogP contribution in [0, 0.1) is 29.6 Å². The van der Waals surface area contributed by atoms with Crippen molar-refractivity contribution in [1.29, 1.82) is 0 Å². The van der Waals surface area contributed by atoms with E-state index in [1.54, 1.807) is 33.3 Å². The SMILES string of the molecule is C=C/C=C(CC(NC(=O)C(C)C(OC)C1CC2C(C)C2N1C(=O)CC(OC)C(C)C(C)CC)C(=O)O)\C(C)=C/C. The van der Waals surface area contributed by atoms with E-state index in [0.29, 0.717) is 17.8 Å². The number of methoxy groups -OCH3 is 2. The number of nitrogens with one attached hydrogen (secondary N) is 1. The van der Waals surface area contributed by atoms with Crippen molar-refractivity contribution in [3.8, 4) is 0 Å². The van der Waals surface area contributed by atoms with Crippen LogP contribution < -0.4 is 5.32 Å². The van der Waals surface area contributed by atoms with E-state index in [2.05, 4.69) is 39.6 Å². The van der Waals surface area contributed by atoms with Gasteiger partial charge in [-0.05, 0) is 49.5 Å². The second kappa shape index (κ2) is 15.0. The number of hydrogen-bond acceptors (Lipinski definition) is 5. The minimum absolute atomic E-state index is 0.0305. The number of carbonyl (C=O) groups excluding carboxylic acids is 2. The molecular formula is C32H52N2O6. The number of allylic oxidation sites excluding steroid dienone is 4. The first-order chi connectivity index (χ1) is 18.9. The molecule has 10 atom stereocenters. The third kappa shape index (κ3) is 7.64. The van der Waals surface area contributed by atoms with Gasteiger partial charge >= 0.3 is 5.97 Å². The van der Waals surface area contributed by atoms with Crippen molar-refractivity contribution in [2.75, 3.05) is 14.2 Å². The molecule has 226 valence electrons. The number of carboxylic acids is 1. The Kier molecular flexibility index (Phi) is 12.6. The molecule has 2 fully saturated rings. The Labute approximate surface area is 241 Å². The van der Waals surface area contributed by atoms with Crippen LogP contribution in [0.4, 0.5) is 0 Å². The number of fused-ring (bicyclic) bond motifs is 1. The standard InChI is InChI=1S/C32H52N2O6/c1-11-14-23(19(5)13-3)15-25(32(37)38)33-31(36)22(8)30(40-10)26-16-24-21(7)29(24)34(26)28(35)17-27(39-9)20(6)18(4)12-2/h11,13-14,18,20-22,24-27,29-30H,1,12,15-17H2,2-10H3,(H,33,36)(H,37,38)/b19-13-,23-14-. The van der Waals surface area contributed by atoms with E-state index in [0.717, 1.165) is 24.0 Å². The monoisotopic (exact) mass is 560 g/mol. The van der Waals surface area contributed by atoms with Crippen LogP contribution in [0.25, 0.3) is 0 Å². The predicted molar refractivity (Wildman–Crippen MR) is 158 cm³/mol. The van der Waals surface area contributed by atoms with Crippen LogP contribution in [-0.2, 0) is 23.9 Å². The second-order valence-corrected chi connectivity index (χ2v) is 11.8. The summed E-state index contributed by atoms with van der Waals surface area (Å²) in [4.78, 5) is 41.2. The van der Waals surface area contributed by atoms with Gasteiger partial charge in [0.25, 0.3) is 0 Å². The van der Waals surface area contributed by atoms with Gasteiger partial charge in [-0.1, -0.05) is 71.4 Å². The number of carboxylic acid groups (broad SMARTS) is 1. The van der Waals surface area contributed by atoms with Crippen LogP contribution in [0.5, 0.6) is 0 Å². The maximum Gasteiger partial charge on any atom is 0.326 e. The van der Waals surface area contributed by atoms with Crippen LogP contribution in [0.3, 0.4) is 0 Å². The van der Waals surface area contributed by atoms with Crippen LogP contribution in [-0.4, -0.2) is 72.3 Å². The molecule has 8 heteroatoms. The molecule has 1 heterocycles. The van der Waals surface area contributed by atoms with Gasteiger partial charge in [0.15, 0.2) is 0 Å². The highest BCUT2D eigenvalue weighted by molar-refractivity contribution is 5.86. The fourth-order valence-corrected chi connectivity index (χ4v) is 6.35. The van der Waals surface area contributed by atoms with Crippen molar-refractivity contribution >= 4 is 17.8 Å². The van der Waals surface area contributed by atoms with Crippen molar-refractivity contribution in [3.05, 3.63) is 36.0 Å². The zero-order chi connectivity index (χ0) is 30.3. The molecular weight excluding hydrogens is 508 g/mol. The number of rotatable bonds is 16. The largest absolute Gasteiger partial charge is 0.480 e. The summed E-state index contributed by atoms with van der Waals surface area (Å²) in [6, 6.07) is -1.22. The number of ether oxygens (including phenoxy) is 2. The van der Waals surface area contributed by atoms with Crippen molar-refractivity contribution < 1.29 is 29.0 Å². The van der Waals surface area contributed by atoms with E-state index in [9.17, 15) is 19.5 Å². The van der Waals surface area contributed by atoms with Crippen molar-refractivity contribution in [2.24, 2.45) is 29.6 Å². The topological polar surface area (TPSA) is 105 Å². The fraction of sp³-hybridized carbons (Fsp3) is 0.719. The molecule has 0 spiro atoms. The quantitative estimate of drug-likeness (QED) is 0.258. The van der Waals surface area contributed by atoms with Crippen LogP contribution >= 0.6 is 0 Å². The average Bonchev–Trinajstić information content (AvgIpc) is 3.37. The van der Waals surface area contributed by atoms with Crippen LogP contribution in [0.2, 0.25) is 0 Å². The average molecular weight is 561 g/mol. The molecule has 1 aliphatic heterocycles. The van der Waals surface area contributed by atoms with Crippen molar-refractivity contribution in [3.63, 3.8) is 0 Å². The van der Waals surface area contributed by atoms with Crippen molar-refractivity contribution in [2.45, 2.75) is 104 Å². The lowest BCUT2D eigenvalue weighted by Crippen LogP contribution is -2.53. The Morgan fingerprint density at radius 2 is 1.80 bits per heavy atom. The molecule has 0 bridgehead atoms. The highest BCUT2D eigenvalue weighted by Crippen LogP contribution is 2.54. The first kappa shape index (κ1) is 33.8. The number of hydrogen-bond donors (Lipinski definition) is 2. The third-order valence-electron chi connectivity index (χ3n) is 9.65. The zero-order valence-corrected chi connectivity index (χ0v) is 26.0. The van der Waals surface area contributed by atoms with E-state index in [1.807, 2.05) is 24.8 Å². The lowest BCUT2D eigenvalue weighted by atomic mass is 9.86. The minimum Gasteiger partial charge on any atom is -0.480 e. The summed E-state index contributed by atoms with van der Waals surface area (Å²) in [5.41, 5.74) is 1.72. The summed E-state index contributed by atoms with van der Waals surface area (Å²) in [5.74, 6) is -0.688. The molecule has 0 radical (unpaired) electrons. The fourth-order valence-electron chi connectivity index (χ4n) is 6.35. The molecule has 8 nitrogen and oxygen atoms in total. The maximum atomic E-state index is 13.8. The Bertz CT molecular complexity index is 974. The summed E-state index contributed by atoms with van der Waals surface area (Å²) in [6.45, 7) is 17.9. The lowest BCUT2D eigenvalue weighted by Gasteiger charge is -2.38. The highest BCUT2D eigenvalue weighted by atomic mass is 16.5. The molecule has 2 rings (SSSR count). The molecule has 2 amide bonds. The number of carbonyl (C=O) groups is 3. The molecule has 0 aromatic rings. The first-order valence-electron chi connectivity index (χ1n) is 14.7. The molecule has 1 saturated heterocycles. The molecule has 10 unspecified atom stereocenters. The van der Waals surface area contributed by atoms with Crippen LogP contribution in [0.15, 0.2) is 36.0 Å². The van der Waals surface area contributed by atoms with Gasteiger partial charge in [-0.15, -0.1) is 0 Å². The number of likely N-dealkylation sites (tertiary alicyclic amines) is 1. The summed E-state index contributed by atoms with van der Waals surface area (Å²) in [6.07, 6.45) is 6.73. The summed E-state index contributed by atoms with van der Waals surface area (Å²) < 4.78 is 11.7. The Hall–Kier alpha value is -2.45. The smallest absolute Gasteiger partial charge is 0.326 e. The normalized spacial score (nSPS) is 27.2. The van der Waals surface area contributed by atoms with Gasteiger partial charge in [0.1, 0.15) is 6.04 Å². The molecule has 1 saturated carbocycles. The van der Waals surface area contributed by atoms with Gasteiger partial charge in [-0.25, -0.2) is 4.79 Å². The molecule has 2 aliphatic rings. The van der Waals surface area contributed by atoms with Gasteiger partial charge < -0.3 is 24.8 Å². The zero-order valence-electron chi connectivity index (χ0n) is 26.0. The number of nitrogens with zero attached hydrogens (tertiary/aromatic N) is 1. The lowest BCUT2D eigenvalue weighted by molar-refractivity contribution is -0.146. The number of aliphatic carboxylic acids is 1. The van der Waals surface area contributed by atoms with Crippen LogP contribution in [0.1, 0.15) is 74.1 Å². The molecule has 0 aromatic carbocycles. The summed E-state index contributed by atoms with van der Waals surface area (Å²) >= 11 is 0. The maximum absolute atomic E-state index is 13.8. The third-order valence-corrected chi connectivity index (χ3v) is 9.65. The Morgan fingerprint density at radius 1 is 1.15 bits per heavy atom. The molecule has 1 aliphatic carbocycles. The van der Waals surface area contributed by atoms with Gasteiger partial charge in [-0.3, -0.25) is 9.59 Å². The first-order valence-corrected chi connectivity index (χ1v) is 14.7. The number of amides is 2. The van der Waals surface area contributed by atoms with E-state index in [4.69, 9.17) is 9.47 Å². The molecule has 0 aromatic heterocycles. The predicted octanol–water partition coefficient (Wildman–Crippen LogP) is 5.00. The Morgan fingerprint density at radius 3 is 2.30 bits per heavy atom. The highest BCUT2D eigenvalue weighted by Gasteiger charge is 2.62. The number of piperidine rings is 1. The van der Waals surface area contributed by atoms with E-state index >= 15 is 0 Å². The second-order valence-electron chi connectivity index (χ2n) is 11.8. The van der Waals surface area contributed by atoms with Gasteiger partial charge in [-0.2, -0.15) is 0 Å². The van der Waals surface area contributed by atoms with Gasteiger partial charge in [0.05, 0.1) is 30.6 Å². The summed E-state index contributed by atoms with van der Waals surface area (Å²) in [5, 5.41) is 12.6. The van der Waals surface area contributed by atoms with Gasteiger partial charge in [0.2, 0.25) is 11.8 Å².